The Labute approximate surface area is 223 Å². The standard InChI is InChI=1S/C30H35N3O5/c1-22-16-17-23(2)27(19-22)32-28(34)26(33-30(36)38-21-25-13-7-4-8-14-25)15-9-10-18-31-29(35)37-20-24-11-5-3-6-12-24/h3-8,11-14,16-17,19,26H,9-10,15,18,20-21H2,1-2H3,(H,31,35)(H,32,34)(H,33,36)/t26-/m1/s1. The van der Waals surface area contributed by atoms with Crippen LogP contribution in [0.25, 0.3) is 0 Å². The van der Waals surface area contributed by atoms with Crippen molar-refractivity contribution in [2.45, 2.75) is 52.4 Å². The van der Waals surface area contributed by atoms with Crippen molar-refractivity contribution >= 4 is 23.8 Å². The number of amides is 3. The quantitative estimate of drug-likeness (QED) is 0.270. The fraction of sp³-hybridized carbons (Fsp3) is 0.300. The highest BCUT2D eigenvalue weighted by Crippen LogP contribution is 2.17. The predicted octanol–water partition coefficient (Wildman–Crippen LogP) is 5.63. The molecule has 0 saturated carbocycles. The number of aryl methyl sites for hydroxylation is 2. The van der Waals surface area contributed by atoms with Crippen LogP contribution < -0.4 is 16.0 Å². The maximum absolute atomic E-state index is 13.1. The Morgan fingerprint density at radius 3 is 2.00 bits per heavy atom. The van der Waals surface area contributed by atoms with Crippen LogP contribution in [-0.2, 0) is 27.5 Å². The molecule has 0 fully saturated rings. The van der Waals surface area contributed by atoms with Crippen LogP contribution >= 0.6 is 0 Å². The third-order valence-electron chi connectivity index (χ3n) is 5.87. The van der Waals surface area contributed by atoms with Gasteiger partial charge in [-0.05, 0) is 61.4 Å². The zero-order valence-electron chi connectivity index (χ0n) is 21.9. The predicted molar refractivity (Wildman–Crippen MR) is 147 cm³/mol. The molecule has 0 aliphatic carbocycles. The Hall–Kier alpha value is -4.33. The van der Waals surface area contributed by atoms with Gasteiger partial charge in [0.05, 0.1) is 0 Å². The molecule has 1 atom stereocenters. The Morgan fingerprint density at radius 2 is 1.37 bits per heavy atom. The van der Waals surface area contributed by atoms with Gasteiger partial charge in [-0.1, -0.05) is 72.8 Å². The third-order valence-corrected chi connectivity index (χ3v) is 5.87. The molecule has 8 nitrogen and oxygen atoms in total. The van der Waals surface area contributed by atoms with Gasteiger partial charge in [-0.3, -0.25) is 4.79 Å². The summed E-state index contributed by atoms with van der Waals surface area (Å²) in [5.74, 6) is -0.328. The van der Waals surface area contributed by atoms with E-state index >= 15 is 0 Å². The Balaban J connectivity index is 1.48. The molecule has 0 bridgehead atoms. The van der Waals surface area contributed by atoms with Crippen molar-refractivity contribution in [2.24, 2.45) is 0 Å². The molecule has 0 spiro atoms. The molecule has 3 amide bonds. The summed E-state index contributed by atoms with van der Waals surface area (Å²) < 4.78 is 10.5. The van der Waals surface area contributed by atoms with Crippen LogP contribution in [0.15, 0.2) is 78.9 Å². The van der Waals surface area contributed by atoms with Crippen LogP contribution in [0.2, 0.25) is 0 Å². The minimum absolute atomic E-state index is 0.104. The van der Waals surface area contributed by atoms with Crippen molar-refractivity contribution in [2.75, 3.05) is 11.9 Å². The van der Waals surface area contributed by atoms with Gasteiger partial charge < -0.3 is 25.4 Å². The molecule has 200 valence electrons. The Morgan fingerprint density at radius 1 is 0.763 bits per heavy atom. The normalized spacial score (nSPS) is 11.2. The highest BCUT2D eigenvalue weighted by atomic mass is 16.6. The van der Waals surface area contributed by atoms with Gasteiger partial charge >= 0.3 is 12.2 Å². The van der Waals surface area contributed by atoms with Crippen molar-refractivity contribution in [1.29, 1.82) is 0 Å². The van der Waals surface area contributed by atoms with Gasteiger partial charge in [-0.15, -0.1) is 0 Å². The number of anilines is 1. The zero-order valence-corrected chi connectivity index (χ0v) is 21.9. The summed E-state index contributed by atoms with van der Waals surface area (Å²) in [7, 11) is 0. The number of benzene rings is 3. The maximum atomic E-state index is 13.1. The monoisotopic (exact) mass is 517 g/mol. The van der Waals surface area contributed by atoms with E-state index in [1.165, 1.54) is 0 Å². The number of hydrogen-bond donors (Lipinski definition) is 3. The van der Waals surface area contributed by atoms with E-state index in [0.29, 0.717) is 31.5 Å². The summed E-state index contributed by atoms with van der Waals surface area (Å²) in [6.07, 6.45) is 0.396. The molecule has 0 aliphatic rings. The van der Waals surface area contributed by atoms with Gasteiger partial charge in [0.2, 0.25) is 5.91 Å². The van der Waals surface area contributed by atoms with Crippen LogP contribution in [0.3, 0.4) is 0 Å². The van der Waals surface area contributed by atoms with Crippen LogP contribution in [0.5, 0.6) is 0 Å². The topological polar surface area (TPSA) is 106 Å². The number of nitrogens with one attached hydrogen (secondary N) is 3. The molecule has 3 N–H and O–H groups in total. The molecule has 0 aliphatic heterocycles. The van der Waals surface area contributed by atoms with Crippen molar-refractivity contribution in [3.63, 3.8) is 0 Å². The SMILES string of the molecule is Cc1ccc(C)c(NC(=O)[C@@H](CCCCNC(=O)OCc2ccccc2)NC(=O)OCc2ccccc2)c1. The summed E-state index contributed by atoms with van der Waals surface area (Å²) >= 11 is 0. The third kappa shape index (κ3) is 9.97. The van der Waals surface area contributed by atoms with Crippen molar-refractivity contribution in [3.8, 4) is 0 Å². The number of hydrogen-bond acceptors (Lipinski definition) is 5. The first-order valence-corrected chi connectivity index (χ1v) is 12.7. The van der Waals surface area contributed by atoms with E-state index in [1.54, 1.807) is 0 Å². The van der Waals surface area contributed by atoms with E-state index in [0.717, 1.165) is 22.3 Å². The average Bonchev–Trinajstić information content (AvgIpc) is 2.93. The Kier molecular flexibility index (Phi) is 11.2. The van der Waals surface area contributed by atoms with Crippen LogP contribution in [0.1, 0.15) is 41.5 Å². The van der Waals surface area contributed by atoms with Crippen LogP contribution in [-0.4, -0.2) is 30.7 Å². The number of ether oxygens (including phenoxy) is 2. The Bertz CT molecular complexity index is 1190. The highest BCUT2D eigenvalue weighted by Gasteiger charge is 2.22. The molecule has 0 saturated heterocycles. The summed E-state index contributed by atoms with van der Waals surface area (Å²) in [4.78, 5) is 37.5. The van der Waals surface area contributed by atoms with Crippen LogP contribution in [0, 0.1) is 13.8 Å². The van der Waals surface area contributed by atoms with Gasteiger partial charge in [-0.2, -0.15) is 0 Å². The van der Waals surface area contributed by atoms with Crippen LogP contribution in [0.4, 0.5) is 15.3 Å². The highest BCUT2D eigenvalue weighted by molar-refractivity contribution is 5.97. The molecule has 8 heteroatoms. The van der Waals surface area contributed by atoms with E-state index in [1.807, 2.05) is 92.7 Å². The molecule has 3 aromatic rings. The first-order chi connectivity index (χ1) is 18.4. The fourth-order valence-electron chi connectivity index (χ4n) is 3.70. The molecule has 0 unspecified atom stereocenters. The van der Waals surface area contributed by atoms with E-state index in [9.17, 15) is 14.4 Å². The molecule has 0 heterocycles. The molecule has 0 radical (unpaired) electrons. The van der Waals surface area contributed by atoms with Gasteiger partial charge in [0, 0.05) is 12.2 Å². The molecule has 38 heavy (non-hydrogen) atoms. The number of unbranched alkanes of at least 4 members (excludes halogenated alkanes) is 1. The number of alkyl carbamates (subject to hydrolysis) is 2. The molecule has 3 rings (SSSR count). The summed E-state index contributed by atoms with van der Waals surface area (Å²) in [6, 6.07) is 23.8. The first-order valence-electron chi connectivity index (χ1n) is 12.7. The van der Waals surface area contributed by atoms with Gasteiger partial charge in [0.15, 0.2) is 0 Å². The largest absolute Gasteiger partial charge is 0.445 e. The number of carbonyl (C=O) groups is 3. The maximum Gasteiger partial charge on any atom is 0.408 e. The lowest BCUT2D eigenvalue weighted by Crippen LogP contribution is -2.44. The second-order valence-electron chi connectivity index (χ2n) is 9.05. The smallest absolute Gasteiger partial charge is 0.408 e. The van der Waals surface area contributed by atoms with Crippen molar-refractivity contribution in [1.82, 2.24) is 10.6 Å². The van der Waals surface area contributed by atoms with E-state index in [-0.39, 0.29) is 19.1 Å². The summed E-state index contributed by atoms with van der Waals surface area (Å²) in [5.41, 5.74) is 4.40. The molecule has 0 aromatic heterocycles. The lowest BCUT2D eigenvalue weighted by atomic mass is 10.1. The fourth-order valence-corrected chi connectivity index (χ4v) is 3.70. The number of rotatable bonds is 12. The summed E-state index contributed by atoms with van der Waals surface area (Å²) in [6.45, 7) is 4.55. The second-order valence-corrected chi connectivity index (χ2v) is 9.05. The minimum Gasteiger partial charge on any atom is -0.445 e. The van der Waals surface area contributed by atoms with Gasteiger partial charge in [0.1, 0.15) is 19.3 Å². The number of carbonyl (C=O) groups excluding carboxylic acids is 3. The summed E-state index contributed by atoms with van der Waals surface area (Å²) in [5, 5.41) is 8.33. The van der Waals surface area contributed by atoms with E-state index in [2.05, 4.69) is 16.0 Å². The molecular weight excluding hydrogens is 482 g/mol. The minimum atomic E-state index is -0.803. The van der Waals surface area contributed by atoms with Crippen molar-refractivity contribution in [3.05, 3.63) is 101 Å². The zero-order chi connectivity index (χ0) is 27.2. The van der Waals surface area contributed by atoms with E-state index < -0.39 is 18.2 Å². The second kappa shape index (κ2) is 15.0. The molecular formula is C30H35N3O5. The van der Waals surface area contributed by atoms with E-state index in [4.69, 9.17) is 9.47 Å². The lowest BCUT2D eigenvalue weighted by molar-refractivity contribution is -0.118. The first kappa shape index (κ1) is 28.2. The average molecular weight is 518 g/mol. The lowest BCUT2D eigenvalue weighted by Gasteiger charge is -2.19. The van der Waals surface area contributed by atoms with Gasteiger partial charge in [-0.25, -0.2) is 9.59 Å². The van der Waals surface area contributed by atoms with Gasteiger partial charge in [0.25, 0.3) is 0 Å². The molecule has 3 aromatic carbocycles. The van der Waals surface area contributed by atoms with Crippen molar-refractivity contribution < 1.29 is 23.9 Å².